The lowest BCUT2D eigenvalue weighted by Gasteiger charge is -2.23. The molecule has 0 aromatic heterocycles. The molecule has 0 saturated heterocycles. The number of nitrogens with zero attached hydrogens (tertiary/aromatic N) is 4. The lowest BCUT2D eigenvalue weighted by atomic mass is 9.97. The molecule has 0 aliphatic heterocycles. The maximum absolute atomic E-state index is 11.1. The third-order valence-corrected chi connectivity index (χ3v) is 2.43. The molecule has 0 spiro atoms. The Morgan fingerprint density at radius 3 is 2.23 bits per heavy atom. The van der Waals surface area contributed by atoms with Gasteiger partial charge in [0.1, 0.15) is 0 Å². The second kappa shape index (κ2) is 3.95. The summed E-state index contributed by atoms with van der Waals surface area (Å²) in [5.41, 5.74) is 7.84. The van der Waals surface area contributed by atoms with Crippen LogP contribution in [0.3, 0.4) is 0 Å². The van der Waals surface area contributed by atoms with Gasteiger partial charge < -0.3 is 0 Å². The van der Waals surface area contributed by atoms with Gasteiger partial charge in [-0.3, -0.25) is 0 Å². The number of hydrogen-bond donors (Lipinski definition) is 0. The van der Waals surface area contributed by atoms with Gasteiger partial charge in [0.2, 0.25) is 0 Å². The van der Waals surface area contributed by atoms with Crippen LogP contribution in [0.1, 0.15) is 20.8 Å². The molecular weight excluding hydrogens is 192 g/mol. The van der Waals surface area contributed by atoms with Crippen LogP contribution in [0.25, 0.3) is 10.4 Å². The highest BCUT2D eigenvalue weighted by molar-refractivity contribution is 7.87. The standard InChI is InChI=1S/C6H14N4O2S/c1-6(2,3)5-10(4)13(11,12)9-8-7/h5H2,1-4H3. The number of hydrogen-bond acceptors (Lipinski definition) is 2. The molecule has 0 rings (SSSR count). The van der Waals surface area contributed by atoms with Crippen LogP contribution in [0, 0.1) is 5.41 Å². The molecule has 0 N–H and O–H groups in total. The minimum Gasteiger partial charge on any atom is -0.204 e. The summed E-state index contributed by atoms with van der Waals surface area (Å²) >= 11 is 0. The first kappa shape index (κ1) is 12.2. The van der Waals surface area contributed by atoms with Crippen molar-refractivity contribution in [1.29, 1.82) is 0 Å². The minimum absolute atomic E-state index is 0.160. The normalized spacial score (nSPS) is 12.7. The monoisotopic (exact) mass is 206 g/mol. The molecule has 0 saturated carbocycles. The van der Waals surface area contributed by atoms with Crippen molar-refractivity contribution in [2.75, 3.05) is 13.6 Å². The molecule has 0 amide bonds. The summed E-state index contributed by atoms with van der Waals surface area (Å²) in [6.45, 7) is 6.01. The van der Waals surface area contributed by atoms with E-state index in [0.29, 0.717) is 6.54 Å². The Morgan fingerprint density at radius 1 is 1.46 bits per heavy atom. The van der Waals surface area contributed by atoms with Gasteiger partial charge in [-0.25, -0.2) is 8.42 Å². The Bertz CT molecular complexity index is 310. The van der Waals surface area contributed by atoms with E-state index in [0.717, 1.165) is 4.31 Å². The van der Waals surface area contributed by atoms with E-state index in [1.54, 1.807) is 0 Å². The predicted octanol–water partition coefficient (Wildman–Crippen LogP) is 1.52. The average Bonchev–Trinajstić information content (AvgIpc) is 1.82. The summed E-state index contributed by atoms with van der Waals surface area (Å²) in [6, 6.07) is 0. The second-order valence-electron chi connectivity index (χ2n) is 3.97. The summed E-state index contributed by atoms with van der Waals surface area (Å²) in [4.78, 5) is 2.25. The molecule has 0 heterocycles. The van der Waals surface area contributed by atoms with E-state index in [1.807, 2.05) is 20.8 Å². The van der Waals surface area contributed by atoms with Gasteiger partial charge >= 0.3 is 10.2 Å². The number of rotatable bonds is 3. The molecular formula is C6H14N4O2S. The summed E-state index contributed by atoms with van der Waals surface area (Å²) < 4.78 is 26.0. The Kier molecular flexibility index (Phi) is 3.71. The van der Waals surface area contributed by atoms with E-state index in [-0.39, 0.29) is 5.41 Å². The molecule has 76 valence electrons. The Morgan fingerprint density at radius 2 is 1.92 bits per heavy atom. The highest BCUT2D eigenvalue weighted by Crippen LogP contribution is 2.16. The van der Waals surface area contributed by atoms with Crippen LogP contribution in [0.4, 0.5) is 0 Å². The van der Waals surface area contributed by atoms with Gasteiger partial charge in [-0.2, -0.15) is 4.31 Å². The largest absolute Gasteiger partial charge is 0.302 e. The molecule has 0 aromatic carbocycles. The molecule has 0 bridgehead atoms. The van der Waals surface area contributed by atoms with E-state index in [2.05, 4.69) is 9.43 Å². The van der Waals surface area contributed by atoms with Crippen molar-refractivity contribution in [3.63, 3.8) is 0 Å². The van der Waals surface area contributed by atoms with Crippen LogP contribution in [0.5, 0.6) is 0 Å². The van der Waals surface area contributed by atoms with Gasteiger partial charge in [0.15, 0.2) is 0 Å². The molecule has 0 aliphatic carbocycles. The van der Waals surface area contributed by atoms with Crippen LogP contribution in [0.2, 0.25) is 0 Å². The average molecular weight is 206 g/mol. The summed E-state index contributed by atoms with van der Waals surface area (Å²) in [5, 5.41) is 0. The van der Waals surface area contributed by atoms with Gasteiger partial charge in [-0.15, -0.1) is 0 Å². The quantitative estimate of drug-likeness (QED) is 0.398. The lowest BCUT2D eigenvalue weighted by molar-refractivity contribution is 0.311. The fourth-order valence-corrected chi connectivity index (χ4v) is 1.63. The van der Waals surface area contributed by atoms with Crippen LogP contribution in [-0.2, 0) is 10.2 Å². The van der Waals surface area contributed by atoms with Crippen molar-refractivity contribution in [3.05, 3.63) is 10.4 Å². The Hall–Kier alpha value is -0.780. The highest BCUT2D eigenvalue weighted by atomic mass is 32.2. The highest BCUT2D eigenvalue weighted by Gasteiger charge is 2.21. The summed E-state index contributed by atoms with van der Waals surface area (Å²) in [5.74, 6) is 0. The summed E-state index contributed by atoms with van der Waals surface area (Å²) in [6.07, 6.45) is 0. The van der Waals surface area contributed by atoms with E-state index in [4.69, 9.17) is 5.53 Å². The lowest BCUT2D eigenvalue weighted by Crippen LogP contribution is -2.33. The maximum atomic E-state index is 11.1. The molecule has 13 heavy (non-hydrogen) atoms. The number of azide groups is 1. The van der Waals surface area contributed by atoms with Crippen LogP contribution in [-0.4, -0.2) is 26.3 Å². The van der Waals surface area contributed by atoms with Crippen molar-refractivity contribution in [2.45, 2.75) is 20.8 Å². The molecule has 0 fully saturated rings. The van der Waals surface area contributed by atoms with Gasteiger partial charge in [-0.05, 0) is 10.9 Å². The molecule has 0 atom stereocenters. The maximum Gasteiger partial charge on any atom is 0.302 e. The van der Waals surface area contributed by atoms with E-state index < -0.39 is 10.2 Å². The topological polar surface area (TPSA) is 86.1 Å². The van der Waals surface area contributed by atoms with Gasteiger partial charge in [0, 0.05) is 23.0 Å². The Labute approximate surface area is 78.4 Å². The predicted molar refractivity (Wildman–Crippen MR) is 50.2 cm³/mol. The van der Waals surface area contributed by atoms with Crippen molar-refractivity contribution in [1.82, 2.24) is 4.31 Å². The van der Waals surface area contributed by atoms with Gasteiger partial charge in [0.25, 0.3) is 0 Å². The summed E-state index contributed by atoms with van der Waals surface area (Å²) in [7, 11) is -2.42. The minimum atomic E-state index is -3.80. The molecule has 6 nitrogen and oxygen atoms in total. The zero-order valence-corrected chi connectivity index (χ0v) is 9.04. The third kappa shape index (κ3) is 4.72. The van der Waals surface area contributed by atoms with Crippen LogP contribution in [0.15, 0.2) is 4.52 Å². The molecule has 7 heteroatoms. The van der Waals surface area contributed by atoms with Gasteiger partial charge in [0.05, 0.1) is 0 Å². The molecule has 0 aromatic rings. The van der Waals surface area contributed by atoms with Crippen molar-refractivity contribution >= 4 is 10.2 Å². The van der Waals surface area contributed by atoms with Gasteiger partial charge in [-0.1, -0.05) is 20.8 Å². The first-order valence-corrected chi connectivity index (χ1v) is 5.11. The van der Waals surface area contributed by atoms with Crippen LogP contribution < -0.4 is 0 Å². The molecule has 0 aliphatic rings. The van der Waals surface area contributed by atoms with E-state index in [9.17, 15) is 8.42 Å². The smallest absolute Gasteiger partial charge is 0.204 e. The molecule has 0 radical (unpaired) electrons. The molecule has 0 unspecified atom stereocenters. The second-order valence-corrected chi connectivity index (χ2v) is 5.65. The van der Waals surface area contributed by atoms with Crippen LogP contribution >= 0.6 is 0 Å². The first-order valence-electron chi connectivity index (χ1n) is 3.72. The van der Waals surface area contributed by atoms with E-state index >= 15 is 0 Å². The van der Waals surface area contributed by atoms with E-state index in [1.165, 1.54) is 7.05 Å². The first-order chi connectivity index (χ1) is 5.69. The zero-order valence-electron chi connectivity index (χ0n) is 8.22. The Balaban J connectivity index is 4.63. The fraction of sp³-hybridized carbons (Fsp3) is 1.00. The SMILES string of the molecule is CN(CC(C)(C)C)S(=O)(=O)N=[N+]=[N-]. The van der Waals surface area contributed by atoms with Crippen molar-refractivity contribution in [2.24, 2.45) is 9.93 Å². The van der Waals surface area contributed by atoms with Crippen molar-refractivity contribution < 1.29 is 8.42 Å². The zero-order chi connectivity index (χ0) is 10.7. The fourth-order valence-electron chi connectivity index (χ4n) is 0.858. The van der Waals surface area contributed by atoms with Crippen molar-refractivity contribution in [3.8, 4) is 0 Å². The third-order valence-electron chi connectivity index (χ3n) is 1.23.